The molecule has 1 amide bonds. The van der Waals surface area contributed by atoms with Crippen LogP contribution in [0.25, 0.3) is 6.08 Å². The summed E-state index contributed by atoms with van der Waals surface area (Å²) in [5, 5.41) is 2.81. The van der Waals surface area contributed by atoms with Gasteiger partial charge in [-0.25, -0.2) is 13.2 Å². The van der Waals surface area contributed by atoms with Gasteiger partial charge in [-0.3, -0.25) is 4.79 Å². The van der Waals surface area contributed by atoms with Crippen molar-refractivity contribution in [1.29, 1.82) is 0 Å². The summed E-state index contributed by atoms with van der Waals surface area (Å²) in [5.74, 6) is -0.921. The molecule has 32 heavy (non-hydrogen) atoms. The monoisotopic (exact) mass is 455 g/mol. The van der Waals surface area contributed by atoms with Gasteiger partial charge < -0.3 is 10.1 Å². The standard InChI is InChI=1S/C25H29NO5S/c1-4-31-23(27)14-11-20-9-12-21(13-10-20)26-24(28)25(15-5-6-16-25)32(29,30)22-17-18(2)7-8-19(22)3/h7-14,17H,4-6,15-16H2,1-3H3,(H,26,28). The van der Waals surface area contributed by atoms with E-state index in [1.165, 1.54) is 6.08 Å². The maximum absolute atomic E-state index is 13.7. The van der Waals surface area contributed by atoms with Crippen LogP contribution in [0.4, 0.5) is 5.69 Å². The van der Waals surface area contributed by atoms with E-state index in [9.17, 15) is 18.0 Å². The Balaban J connectivity index is 1.84. The topological polar surface area (TPSA) is 89.5 Å². The average Bonchev–Trinajstić information content (AvgIpc) is 3.27. The van der Waals surface area contributed by atoms with Gasteiger partial charge in [0.1, 0.15) is 0 Å². The van der Waals surface area contributed by atoms with E-state index in [1.807, 2.05) is 13.0 Å². The highest BCUT2D eigenvalue weighted by molar-refractivity contribution is 7.93. The second kappa shape index (κ2) is 9.69. The van der Waals surface area contributed by atoms with E-state index in [4.69, 9.17) is 4.74 Å². The summed E-state index contributed by atoms with van der Waals surface area (Å²) in [6, 6.07) is 12.2. The summed E-state index contributed by atoms with van der Waals surface area (Å²) >= 11 is 0. The first-order valence-electron chi connectivity index (χ1n) is 10.8. The van der Waals surface area contributed by atoms with Crippen LogP contribution >= 0.6 is 0 Å². The lowest BCUT2D eigenvalue weighted by Crippen LogP contribution is -2.47. The third kappa shape index (κ3) is 4.78. The molecule has 1 fully saturated rings. The van der Waals surface area contributed by atoms with Crippen LogP contribution < -0.4 is 5.32 Å². The molecule has 1 aliphatic carbocycles. The van der Waals surface area contributed by atoms with Crippen LogP contribution in [0.5, 0.6) is 0 Å². The molecule has 7 heteroatoms. The number of anilines is 1. The molecule has 6 nitrogen and oxygen atoms in total. The molecule has 170 valence electrons. The van der Waals surface area contributed by atoms with Gasteiger partial charge in [0.25, 0.3) is 0 Å². The zero-order valence-corrected chi connectivity index (χ0v) is 19.5. The fourth-order valence-corrected chi connectivity index (χ4v) is 6.42. The van der Waals surface area contributed by atoms with E-state index in [2.05, 4.69) is 5.32 Å². The van der Waals surface area contributed by atoms with Gasteiger partial charge in [0.2, 0.25) is 5.91 Å². The summed E-state index contributed by atoms with van der Waals surface area (Å²) in [6.07, 6.45) is 4.93. The Morgan fingerprint density at radius 2 is 1.72 bits per heavy atom. The molecule has 3 rings (SSSR count). The number of hydrogen-bond donors (Lipinski definition) is 1. The van der Waals surface area contributed by atoms with Gasteiger partial charge in [0.15, 0.2) is 14.6 Å². The van der Waals surface area contributed by atoms with Crippen molar-refractivity contribution >= 4 is 33.5 Å². The van der Waals surface area contributed by atoms with Crippen LogP contribution in [0, 0.1) is 13.8 Å². The molecule has 0 heterocycles. The number of sulfone groups is 1. The van der Waals surface area contributed by atoms with Crippen molar-refractivity contribution in [3.63, 3.8) is 0 Å². The van der Waals surface area contributed by atoms with E-state index >= 15 is 0 Å². The average molecular weight is 456 g/mol. The molecule has 0 unspecified atom stereocenters. The third-order valence-corrected chi connectivity index (χ3v) is 8.48. The summed E-state index contributed by atoms with van der Waals surface area (Å²) in [7, 11) is -3.88. The zero-order valence-electron chi connectivity index (χ0n) is 18.7. The Morgan fingerprint density at radius 1 is 1.06 bits per heavy atom. The van der Waals surface area contributed by atoms with Gasteiger partial charge >= 0.3 is 5.97 Å². The number of benzene rings is 2. The minimum atomic E-state index is -3.88. The summed E-state index contributed by atoms with van der Waals surface area (Å²) < 4.78 is 30.8. The van der Waals surface area contributed by atoms with Crippen LogP contribution in [0.1, 0.15) is 49.3 Å². The Hall–Kier alpha value is -2.93. The number of amides is 1. The number of aryl methyl sites for hydroxylation is 2. The number of ether oxygens (including phenoxy) is 1. The molecule has 0 radical (unpaired) electrons. The van der Waals surface area contributed by atoms with Gasteiger partial charge in [-0.2, -0.15) is 0 Å². The first-order valence-corrected chi connectivity index (χ1v) is 12.3. The van der Waals surface area contributed by atoms with Gasteiger partial charge in [-0.15, -0.1) is 0 Å². The van der Waals surface area contributed by atoms with E-state index in [0.29, 0.717) is 43.5 Å². The lowest BCUT2D eigenvalue weighted by Gasteiger charge is -2.28. The van der Waals surface area contributed by atoms with Gasteiger partial charge in [-0.1, -0.05) is 37.1 Å². The van der Waals surface area contributed by atoms with Crippen molar-refractivity contribution < 1.29 is 22.7 Å². The Labute approximate surface area is 189 Å². The zero-order chi connectivity index (χ0) is 23.4. The predicted molar refractivity (Wildman–Crippen MR) is 125 cm³/mol. The highest BCUT2D eigenvalue weighted by Gasteiger charge is 2.53. The van der Waals surface area contributed by atoms with Gasteiger partial charge in [0.05, 0.1) is 11.5 Å². The molecule has 0 spiro atoms. The number of carbonyl (C=O) groups excluding carboxylic acids is 2. The van der Waals surface area contributed by atoms with E-state index in [0.717, 1.165) is 11.1 Å². The molecule has 2 aromatic rings. The highest BCUT2D eigenvalue weighted by atomic mass is 32.2. The van der Waals surface area contributed by atoms with Gasteiger partial charge in [0, 0.05) is 11.8 Å². The minimum absolute atomic E-state index is 0.231. The Bertz CT molecular complexity index is 1130. The summed E-state index contributed by atoms with van der Waals surface area (Å²) in [4.78, 5) is 25.0. The molecule has 0 aliphatic heterocycles. The largest absolute Gasteiger partial charge is 0.463 e. The minimum Gasteiger partial charge on any atom is -0.463 e. The smallest absolute Gasteiger partial charge is 0.330 e. The van der Waals surface area contributed by atoms with Gasteiger partial charge in [-0.05, 0) is 74.6 Å². The number of rotatable bonds is 7. The van der Waals surface area contributed by atoms with Crippen LogP contribution in [-0.2, 0) is 24.2 Å². The van der Waals surface area contributed by atoms with Crippen molar-refractivity contribution in [2.75, 3.05) is 11.9 Å². The molecule has 0 saturated heterocycles. The molecule has 1 aliphatic rings. The number of esters is 1. The fraction of sp³-hybridized carbons (Fsp3) is 0.360. The van der Waals surface area contributed by atoms with Crippen molar-refractivity contribution in [2.24, 2.45) is 0 Å². The first-order chi connectivity index (χ1) is 15.2. The SMILES string of the molecule is CCOC(=O)C=Cc1ccc(NC(=O)C2(S(=O)(=O)c3cc(C)ccc3C)CCCC2)cc1. The van der Waals surface area contributed by atoms with E-state index < -0.39 is 26.5 Å². The van der Waals surface area contributed by atoms with E-state index in [-0.39, 0.29) is 4.90 Å². The highest BCUT2D eigenvalue weighted by Crippen LogP contribution is 2.42. The van der Waals surface area contributed by atoms with Crippen LogP contribution in [0.15, 0.2) is 53.4 Å². The Morgan fingerprint density at radius 3 is 2.34 bits per heavy atom. The number of carbonyl (C=O) groups is 2. The van der Waals surface area contributed by atoms with Crippen LogP contribution in [-0.4, -0.2) is 31.6 Å². The maximum Gasteiger partial charge on any atom is 0.330 e. The molecule has 0 aromatic heterocycles. The molecule has 0 bridgehead atoms. The van der Waals surface area contributed by atoms with Crippen molar-refractivity contribution in [3.05, 3.63) is 65.2 Å². The quantitative estimate of drug-likeness (QED) is 0.487. The molecule has 1 saturated carbocycles. The fourth-order valence-electron chi connectivity index (χ4n) is 4.05. The molecule has 0 atom stereocenters. The normalized spacial score (nSPS) is 15.6. The number of hydrogen-bond acceptors (Lipinski definition) is 5. The number of nitrogens with one attached hydrogen (secondary N) is 1. The first kappa shape index (κ1) is 23.7. The maximum atomic E-state index is 13.7. The van der Waals surface area contributed by atoms with Crippen molar-refractivity contribution in [2.45, 2.75) is 56.1 Å². The summed E-state index contributed by atoms with van der Waals surface area (Å²) in [6.45, 7) is 5.65. The molecular formula is C25H29NO5S. The Kier molecular flexibility index (Phi) is 7.19. The lowest BCUT2D eigenvalue weighted by molar-refractivity contribution is -0.137. The summed E-state index contributed by atoms with van der Waals surface area (Å²) in [5.41, 5.74) is 2.75. The molecular weight excluding hydrogens is 426 g/mol. The second-order valence-corrected chi connectivity index (χ2v) is 10.4. The van der Waals surface area contributed by atoms with Crippen LogP contribution in [0.2, 0.25) is 0 Å². The lowest BCUT2D eigenvalue weighted by atomic mass is 10.1. The van der Waals surface area contributed by atoms with Crippen LogP contribution in [0.3, 0.4) is 0 Å². The predicted octanol–water partition coefficient (Wildman–Crippen LogP) is 4.60. The second-order valence-electron chi connectivity index (χ2n) is 8.14. The molecule has 1 N–H and O–H groups in total. The van der Waals surface area contributed by atoms with Crippen molar-refractivity contribution in [3.8, 4) is 0 Å². The van der Waals surface area contributed by atoms with Crippen molar-refractivity contribution in [1.82, 2.24) is 0 Å². The van der Waals surface area contributed by atoms with E-state index in [1.54, 1.807) is 56.3 Å². The third-order valence-electron chi connectivity index (χ3n) is 5.84. The molecule has 2 aromatic carbocycles.